The predicted octanol–water partition coefficient (Wildman–Crippen LogP) is 0.144. The van der Waals surface area contributed by atoms with Crippen molar-refractivity contribution in [2.24, 2.45) is 0 Å². The van der Waals surface area contributed by atoms with Gasteiger partial charge in [-0.1, -0.05) is 6.08 Å². The van der Waals surface area contributed by atoms with E-state index in [0.717, 1.165) is 5.82 Å². The fourth-order valence-corrected chi connectivity index (χ4v) is 1.11. The molecular formula is C10H16N4O. The molecule has 0 bridgehead atoms. The Morgan fingerprint density at radius 3 is 3.20 bits per heavy atom. The Kier molecular flexibility index (Phi) is 4.56. The summed E-state index contributed by atoms with van der Waals surface area (Å²) in [6.45, 7) is 5.02. The topological polar surface area (TPSA) is 61.0 Å². The van der Waals surface area contributed by atoms with Crippen molar-refractivity contribution >= 4 is 5.91 Å². The van der Waals surface area contributed by atoms with Crippen molar-refractivity contribution in [1.82, 2.24) is 20.2 Å². The third kappa shape index (κ3) is 3.95. The van der Waals surface area contributed by atoms with Crippen molar-refractivity contribution in [3.63, 3.8) is 0 Å². The summed E-state index contributed by atoms with van der Waals surface area (Å²) in [5, 5.41) is 2.96. The monoisotopic (exact) mass is 208 g/mol. The quantitative estimate of drug-likeness (QED) is 0.516. The minimum Gasteiger partial charge on any atom is -0.347 e. The molecule has 82 valence electrons. The lowest BCUT2D eigenvalue weighted by molar-refractivity contribution is -0.129. The van der Waals surface area contributed by atoms with Gasteiger partial charge in [0.1, 0.15) is 5.82 Å². The molecule has 15 heavy (non-hydrogen) atoms. The van der Waals surface area contributed by atoms with Crippen LogP contribution in [0.5, 0.6) is 0 Å². The number of hydrogen-bond donors (Lipinski definition) is 2. The van der Waals surface area contributed by atoms with E-state index in [9.17, 15) is 4.79 Å². The molecule has 5 heteroatoms. The van der Waals surface area contributed by atoms with Crippen LogP contribution in [0.25, 0.3) is 0 Å². The van der Waals surface area contributed by atoms with E-state index in [0.29, 0.717) is 19.6 Å². The number of nitrogens with zero attached hydrogens (tertiary/aromatic N) is 2. The SMILES string of the molecule is C=CCNCC(=O)N(C)Cc1ncc[nH]1. The van der Waals surface area contributed by atoms with Crippen LogP contribution in [0.3, 0.4) is 0 Å². The minimum atomic E-state index is 0.0354. The molecule has 1 amide bonds. The fraction of sp³-hybridized carbons (Fsp3) is 0.400. The lowest BCUT2D eigenvalue weighted by atomic mass is 10.4. The zero-order valence-electron chi connectivity index (χ0n) is 8.86. The van der Waals surface area contributed by atoms with E-state index in [4.69, 9.17) is 0 Å². The van der Waals surface area contributed by atoms with E-state index in [1.54, 1.807) is 30.4 Å². The lowest BCUT2D eigenvalue weighted by Gasteiger charge is -2.15. The summed E-state index contributed by atoms with van der Waals surface area (Å²) < 4.78 is 0. The largest absolute Gasteiger partial charge is 0.347 e. The van der Waals surface area contributed by atoms with E-state index in [2.05, 4.69) is 21.9 Å². The van der Waals surface area contributed by atoms with Gasteiger partial charge in [-0.3, -0.25) is 4.79 Å². The van der Waals surface area contributed by atoms with Crippen LogP contribution >= 0.6 is 0 Å². The molecule has 1 aromatic rings. The summed E-state index contributed by atoms with van der Waals surface area (Å²) in [7, 11) is 1.75. The van der Waals surface area contributed by atoms with Gasteiger partial charge in [0.15, 0.2) is 0 Å². The van der Waals surface area contributed by atoms with Gasteiger partial charge in [0, 0.05) is 26.0 Å². The van der Waals surface area contributed by atoms with Crippen LogP contribution in [-0.4, -0.2) is 40.9 Å². The highest BCUT2D eigenvalue weighted by molar-refractivity contribution is 5.77. The van der Waals surface area contributed by atoms with Gasteiger partial charge in [-0.2, -0.15) is 0 Å². The molecule has 1 rings (SSSR count). The summed E-state index contributed by atoms with van der Waals surface area (Å²) in [6, 6.07) is 0. The van der Waals surface area contributed by atoms with E-state index < -0.39 is 0 Å². The molecule has 1 aromatic heterocycles. The number of carbonyl (C=O) groups excluding carboxylic acids is 1. The van der Waals surface area contributed by atoms with Gasteiger partial charge >= 0.3 is 0 Å². The third-order valence-electron chi connectivity index (χ3n) is 1.93. The average Bonchev–Trinajstić information content (AvgIpc) is 2.70. The Hall–Kier alpha value is -1.62. The zero-order valence-corrected chi connectivity index (χ0v) is 8.86. The number of carbonyl (C=O) groups is 1. The minimum absolute atomic E-state index is 0.0354. The zero-order chi connectivity index (χ0) is 11.1. The number of nitrogens with one attached hydrogen (secondary N) is 2. The Balaban J connectivity index is 2.30. The molecular weight excluding hydrogens is 192 g/mol. The third-order valence-corrected chi connectivity index (χ3v) is 1.93. The first-order valence-corrected chi connectivity index (χ1v) is 4.78. The summed E-state index contributed by atoms with van der Waals surface area (Å²) in [6.07, 6.45) is 5.13. The molecule has 0 saturated carbocycles. The van der Waals surface area contributed by atoms with Gasteiger partial charge in [0.2, 0.25) is 5.91 Å². The second-order valence-corrected chi connectivity index (χ2v) is 3.21. The summed E-state index contributed by atoms with van der Waals surface area (Å²) >= 11 is 0. The summed E-state index contributed by atoms with van der Waals surface area (Å²) in [5.41, 5.74) is 0. The molecule has 2 N–H and O–H groups in total. The second kappa shape index (κ2) is 5.98. The van der Waals surface area contributed by atoms with Crippen LogP contribution in [0.4, 0.5) is 0 Å². The molecule has 0 aromatic carbocycles. The molecule has 0 aliphatic heterocycles. The van der Waals surface area contributed by atoms with Gasteiger partial charge in [0.25, 0.3) is 0 Å². The van der Waals surface area contributed by atoms with E-state index in [1.165, 1.54) is 0 Å². The summed E-state index contributed by atoms with van der Waals surface area (Å²) in [4.78, 5) is 20.1. The van der Waals surface area contributed by atoms with Crippen molar-refractivity contribution in [1.29, 1.82) is 0 Å². The molecule has 0 spiro atoms. The maximum absolute atomic E-state index is 11.5. The Morgan fingerprint density at radius 2 is 2.60 bits per heavy atom. The lowest BCUT2D eigenvalue weighted by Crippen LogP contribution is -2.35. The first-order valence-electron chi connectivity index (χ1n) is 4.78. The second-order valence-electron chi connectivity index (χ2n) is 3.21. The normalized spacial score (nSPS) is 9.93. The first-order chi connectivity index (χ1) is 7.24. The Bertz CT molecular complexity index is 307. The van der Waals surface area contributed by atoms with Crippen LogP contribution in [0.1, 0.15) is 5.82 Å². The van der Waals surface area contributed by atoms with E-state index >= 15 is 0 Å². The van der Waals surface area contributed by atoms with Crippen LogP contribution in [0.15, 0.2) is 25.0 Å². The molecule has 0 aliphatic carbocycles. The standard InChI is InChI=1S/C10H16N4O/c1-3-4-11-7-10(15)14(2)8-9-12-5-6-13-9/h3,5-6,11H,1,4,7-8H2,2H3,(H,12,13). The average molecular weight is 208 g/mol. The van der Waals surface area contributed by atoms with Crippen molar-refractivity contribution in [3.8, 4) is 0 Å². The highest BCUT2D eigenvalue weighted by Gasteiger charge is 2.08. The van der Waals surface area contributed by atoms with Crippen LogP contribution in [0, 0.1) is 0 Å². The van der Waals surface area contributed by atoms with Gasteiger partial charge < -0.3 is 15.2 Å². The Labute approximate surface area is 89.2 Å². The fourth-order valence-electron chi connectivity index (χ4n) is 1.11. The van der Waals surface area contributed by atoms with Crippen LogP contribution < -0.4 is 5.32 Å². The number of imidazole rings is 1. The maximum atomic E-state index is 11.5. The highest BCUT2D eigenvalue weighted by Crippen LogP contribution is 1.95. The number of aromatic nitrogens is 2. The number of H-pyrrole nitrogens is 1. The highest BCUT2D eigenvalue weighted by atomic mass is 16.2. The van der Waals surface area contributed by atoms with Gasteiger partial charge in [-0.05, 0) is 0 Å². The molecule has 0 saturated heterocycles. The number of hydrogen-bond acceptors (Lipinski definition) is 3. The molecule has 0 unspecified atom stereocenters. The van der Waals surface area contributed by atoms with Gasteiger partial charge in [-0.25, -0.2) is 4.98 Å². The van der Waals surface area contributed by atoms with Crippen molar-refractivity contribution < 1.29 is 4.79 Å². The van der Waals surface area contributed by atoms with Crippen molar-refractivity contribution in [2.75, 3.05) is 20.1 Å². The van der Waals surface area contributed by atoms with Crippen molar-refractivity contribution in [3.05, 3.63) is 30.9 Å². The number of amides is 1. The summed E-state index contributed by atoms with van der Waals surface area (Å²) in [5.74, 6) is 0.822. The van der Waals surface area contributed by atoms with Crippen LogP contribution in [0.2, 0.25) is 0 Å². The molecule has 0 atom stereocenters. The molecule has 1 heterocycles. The number of rotatable bonds is 6. The van der Waals surface area contributed by atoms with Gasteiger partial charge in [0.05, 0.1) is 13.1 Å². The molecule has 0 fully saturated rings. The molecule has 5 nitrogen and oxygen atoms in total. The molecule has 0 aliphatic rings. The maximum Gasteiger partial charge on any atom is 0.236 e. The first kappa shape index (κ1) is 11.5. The van der Waals surface area contributed by atoms with E-state index in [1.807, 2.05) is 0 Å². The number of aromatic amines is 1. The molecule has 0 radical (unpaired) electrons. The van der Waals surface area contributed by atoms with E-state index in [-0.39, 0.29) is 5.91 Å². The van der Waals surface area contributed by atoms with Gasteiger partial charge in [-0.15, -0.1) is 6.58 Å². The Morgan fingerprint density at radius 1 is 1.80 bits per heavy atom. The predicted molar refractivity (Wildman–Crippen MR) is 58.1 cm³/mol. The smallest absolute Gasteiger partial charge is 0.236 e. The number of likely N-dealkylation sites (N-methyl/N-ethyl adjacent to an activating group) is 1. The van der Waals surface area contributed by atoms with Crippen LogP contribution in [-0.2, 0) is 11.3 Å². The van der Waals surface area contributed by atoms with Crippen molar-refractivity contribution in [2.45, 2.75) is 6.54 Å².